The van der Waals surface area contributed by atoms with E-state index in [1.165, 1.54) is 11.1 Å². The molecule has 2 atom stereocenters. The van der Waals surface area contributed by atoms with Crippen LogP contribution < -0.4 is 5.32 Å². The average Bonchev–Trinajstić information content (AvgIpc) is 2.32. The van der Waals surface area contributed by atoms with Crippen LogP contribution in [0.5, 0.6) is 0 Å². The second-order valence-electron chi connectivity index (χ2n) is 5.03. The maximum atomic E-state index is 5.55. The van der Waals surface area contributed by atoms with Gasteiger partial charge in [-0.3, -0.25) is 0 Å². The molecule has 0 bridgehead atoms. The summed E-state index contributed by atoms with van der Waals surface area (Å²) in [5.74, 6) is 0. The molecule has 0 aliphatic carbocycles. The highest BCUT2D eigenvalue weighted by atomic mass is 16.5. The van der Waals surface area contributed by atoms with E-state index in [-0.39, 0.29) is 0 Å². The zero-order valence-corrected chi connectivity index (χ0v) is 10.9. The van der Waals surface area contributed by atoms with Crippen molar-refractivity contribution in [2.75, 3.05) is 13.2 Å². The molecule has 1 saturated heterocycles. The fraction of sp³-hybridized carbons (Fsp3) is 0.600. The van der Waals surface area contributed by atoms with E-state index in [0.717, 1.165) is 32.4 Å². The van der Waals surface area contributed by atoms with Gasteiger partial charge in [0.15, 0.2) is 0 Å². The zero-order chi connectivity index (χ0) is 12.1. The van der Waals surface area contributed by atoms with Crippen LogP contribution in [0.4, 0.5) is 0 Å². The first-order valence-corrected chi connectivity index (χ1v) is 6.65. The van der Waals surface area contributed by atoms with E-state index in [1.807, 2.05) is 0 Å². The van der Waals surface area contributed by atoms with E-state index < -0.39 is 0 Å². The van der Waals surface area contributed by atoms with Gasteiger partial charge < -0.3 is 10.1 Å². The maximum Gasteiger partial charge on any atom is 0.0561 e. The van der Waals surface area contributed by atoms with Crippen LogP contribution in [-0.2, 0) is 11.2 Å². The normalized spacial score (nSPS) is 24.8. The molecule has 1 aliphatic rings. The Morgan fingerprint density at radius 2 is 2.18 bits per heavy atom. The molecule has 1 fully saturated rings. The van der Waals surface area contributed by atoms with Gasteiger partial charge in [0, 0.05) is 12.6 Å². The van der Waals surface area contributed by atoms with Crippen molar-refractivity contribution in [1.82, 2.24) is 5.32 Å². The molecule has 1 aromatic rings. The summed E-state index contributed by atoms with van der Waals surface area (Å²) in [7, 11) is 0. The van der Waals surface area contributed by atoms with Crippen molar-refractivity contribution in [2.45, 2.75) is 45.3 Å². The summed E-state index contributed by atoms with van der Waals surface area (Å²) in [5, 5.41) is 3.65. The van der Waals surface area contributed by atoms with Crippen LogP contribution in [0, 0.1) is 6.92 Å². The van der Waals surface area contributed by atoms with Crippen molar-refractivity contribution in [3.63, 3.8) is 0 Å². The summed E-state index contributed by atoms with van der Waals surface area (Å²) < 4.78 is 5.55. The third-order valence-electron chi connectivity index (χ3n) is 3.57. The molecule has 94 valence electrons. The van der Waals surface area contributed by atoms with E-state index in [1.54, 1.807) is 0 Å². The van der Waals surface area contributed by atoms with E-state index in [4.69, 9.17) is 4.74 Å². The number of nitrogens with one attached hydrogen (secondary N) is 1. The minimum atomic E-state index is 0.416. The first-order valence-electron chi connectivity index (χ1n) is 6.65. The standard InChI is InChI=1S/C15H23NO/c1-12-5-3-4-6-14(12)7-9-16-15-8-10-17-13(2)11-15/h3-6,13,15-16H,7-11H2,1-2H3. The molecule has 1 N–H and O–H groups in total. The number of rotatable bonds is 4. The molecule has 2 heteroatoms. The molecule has 0 saturated carbocycles. The summed E-state index contributed by atoms with van der Waals surface area (Å²) in [6.45, 7) is 6.33. The fourth-order valence-corrected chi connectivity index (χ4v) is 2.48. The molecule has 0 amide bonds. The second kappa shape index (κ2) is 6.18. The summed E-state index contributed by atoms with van der Waals surface area (Å²) in [6, 6.07) is 9.28. The predicted molar refractivity (Wildman–Crippen MR) is 71.3 cm³/mol. The van der Waals surface area contributed by atoms with Gasteiger partial charge in [0.1, 0.15) is 0 Å². The first kappa shape index (κ1) is 12.6. The highest BCUT2D eigenvalue weighted by Crippen LogP contribution is 2.13. The Morgan fingerprint density at radius 1 is 1.35 bits per heavy atom. The van der Waals surface area contributed by atoms with Crippen LogP contribution in [-0.4, -0.2) is 25.3 Å². The molecule has 2 nitrogen and oxygen atoms in total. The van der Waals surface area contributed by atoms with Gasteiger partial charge in [-0.15, -0.1) is 0 Å². The van der Waals surface area contributed by atoms with Gasteiger partial charge in [-0.25, -0.2) is 0 Å². The summed E-state index contributed by atoms with van der Waals surface area (Å²) in [4.78, 5) is 0. The topological polar surface area (TPSA) is 21.3 Å². The van der Waals surface area contributed by atoms with E-state index in [2.05, 4.69) is 43.4 Å². The maximum absolute atomic E-state index is 5.55. The van der Waals surface area contributed by atoms with Crippen molar-refractivity contribution < 1.29 is 4.74 Å². The van der Waals surface area contributed by atoms with Crippen LogP contribution in [0.2, 0.25) is 0 Å². The number of hydrogen-bond acceptors (Lipinski definition) is 2. The zero-order valence-electron chi connectivity index (χ0n) is 10.9. The lowest BCUT2D eigenvalue weighted by molar-refractivity contribution is 0.0135. The van der Waals surface area contributed by atoms with Crippen molar-refractivity contribution in [1.29, 1.82) is 0 Å². The number of hydrogen-bond donors (Lipinski definition) is 1. The van der Waals surface area contributed by atoms with Crippen molar-refractivity contribution >= 4 is 0 Å². The van der Waals surface area contributed by atoms with E-state index in [9.17, 15) is 0 Å². The molecule has 0 radical (unpaired) electrons. The van der Waals surface area contributed by atoms with E-state index >= 15 is 0 Å². The number of benzene rings is 1. The average molecular weight is 233 g/mol. The van der Waals surface area contributed by atoms with Crippen molar-refractivity contribution in [3.8, 4) is 0 Å². The molecular weight excluding hydrogens is 210 g/mol. The largest absolute Gasteiger partial charge is 0.378 e. The lowest BCUT2D eigenvalue weighted by Crippen LogP contribution is -2.38. The molecule has 2 unspecified atom stereocenters. The van der Waals surface area contributed by atoms with Crippen molar-refractivity contribution in [2.24, 2.45) is 0 Å². The van der Waals surface area contributed by atoms with Gasteiger partial charge in [0.25, 0.3) is 0 Å². The lowest BCUT2D eigenvalue weighted by Gasteiger charge is -2.28. The molecule has 0 spiro atoms. The molecule has 2 rings (SSSR count). The van der Waals surface area contributed by atoms with Crippen LogP contribution >= 0.6 is 0 Å². The molecular formula is C15H23NO. The second-order valence-corrected chi connectivity index (χ2v) is 5.03. The quantitative estimate of drug-likeness (QED) is 0.863. The Labute approximate surface area is 104 Å². The van der Waals surface area contributed by atoms with Gasteiger partial charge >= 0.3 is 0 Å². The fourth-order valence-electron chi connectivity index (χ4n) is 2.48. The molecule has 1 aliphatic heterocycles. The third kappa shape index (κ3) is 3.83. The minimum absolute atomic E-state index is 0.416. The van der Waals surface area contributed by atoms with Crippen LogP contribution in [0.1, 0.15) is 30.9 Å². The predicted octanol–water partition coefficient (Wildman–Crippen LogP) is 2.69. The van der Waals surface area contributed by atoms with Gasteiger partial charge in [-0.1, -0.05) is 24.3 Å². The highest BCUT2D eigenvalue weighted by molar-refractivity contribution is 5.25. The Bertz CT molecular complexity index is 351. The van der Waals surface area contributed by atoms with Crippen LogP contribution in [0.25, 0.3) is 0 Å². The van der Waals surface area contributed by atoms with Gasteiger partial charge in [0.2, 0.25) is 0 Å². The summed E-state index contributed by atoms with van der Waals surface area (Å²) >= 11 is 0. The van der Waals surface area contributed by atoms with Gasteiger partial charge in [-0.2, -0.15) is 0 Å². The molecule has 1 heterocycles. The smallest absolute Gasteiger partial charge is 0.0561 e. The number of aryl methyl sites for hydroxylation is 1. The third-order valence-corrected chi connectivity index (χ3v) is 3.57. The Hall–Kier alpha value is -0.860. The molecule has 17 heavy (non-hydrogen) atoms. The Balaban J connectivity index is 1.74. The Kier molecular flexibility index (Phi) is 4.57. The number of ether oxygens (including phenoxy) is 1. The first-order chi connectivity index (χ1) is 8.25. The SMILES string of the molecule is Cc1ccccc1CCNC1CCOC(C)C1. The summed E-state index contributed by atoms with van der Waals surface area (Å²) in [6.07, 6.45) is 3.84. The Morgan fingerprint density at radius 3 is 2.94 bits per heavy atom. The minimum Gasteiger partial charge on any atom is -0.378 e. The summed E-state index contributed by atoms with van der Waals surface area (Å²) in [5.41, 5.74) is 2.86. The van der Waals surface area contributed by atoms with E-state index in [0.29, 0.717) is 12.1 Å². The van der Waals surface area contributed by atoms with Crippen LogP contribution in [0.3, 0.4) is 0 Å². The van der Waals surface area contributed by atoms with Gasteiger partial charge in [0.05, 0.1) is 6.10 Å². The highest BCUT2D eigenvalue weighted by Gasteiger charge is 2.18. The van der Waals surface area contributed by atoms with Crippen molar-refractivity contribution in [3.05, 3.63) is 35.4 Å². The molecule has 1 aromatic carbocycles. The lowest BCUT2D eigenvalue weighted by atomic mass is 10.0. The molecule has 0 aromatic heterocycles. The van der Waals surface area contributed by atoms with Gasteiger partial charge in [-0.05, 0) is 50.8 Å². The monoisotopic (exact) mass is 233 g/mol. The van der Waals surface area contributed by atoms with Crippen LogP contribution in [0.15, 0.2) is 24.3 Å².